The van der Waals surface area contributed by atoms with Crippen LogP contribution in [0.25, 0.3) is 0 Å². The highest BCUT2D eigenvalue weighted by atomic mass is 28.3. The van der Waals surface area contributed by atoms with Gasteiger partial charge in [-0.25, -0.2) is 0 Å². The van der Waals surface area contributed by atoms with Gasteiger partial charge >= 0.3 is 9.45 Å². The number of hydrogen-bond acceptors (Lipinski definition) is 3. The summed E-state index contributed by atoms with van der Waals surface area (Å²) in [6.45, 7) is 6.47. The lowest BCUT2D eigenvalue weighted by molar-refractivity contribution is 0.123. The first-order valence-corrected chi connectivity index (χ1v) is 6.62. The van der Waals surface area contributed by atoms with E-state index in [0.717, 1.165) is 13.1 Å². The van der Waals surface area contributed by atoms with Crippen molar-refractivity contribution in [1.82, 2.24) is 4.57 Å². The fraction of sp³-hybridized carbons (Fsp3) is 1.00. The first kappa shape index (κ1) is 11.2. The van der Waals surface area contributed by atoms with E-state index < -0.39 is 9.45 Å². The molecule has 1 atom stereocenters. The Labute approximate surface area is 82.9 Å². The van der Waals surface area contributed by atoms with Crippen molar-refractivity contribution in [2.24, 2.45) is 0 Å². The first-order valence-electron chi connectivity index (χ1n) is 5.16. The molecule has 0 radical (unpaired) electrons. The fourth-order valence-electron chi connectivity index (χ4n) is 1.65. The molecule has 0 spiro atoms. The second-order valence-corrected chi connectivity index (χ2v) is 5.91. The van der Waals surface area contributed by atoms with E-state index in [0.29, 0.717) is 6.10 Å². The van der Waals surface area contributed by atoms with E-state index in [1.165, 1.54) is 19.3 Å². The molecule has 78 valence electrons. The summed E-state index contributed by atoms with van der Waals surface area (Å²) >= 11 is 0. The molecule has 3 nitrogen and oxygen atoms in total. The summed E-state index contributed by atoms with van der Waals surface area (Å²) < 4.78 is 13.6. The van der Waals surface area contributed by atoms with Gasteiger partial charge in [-0.1, -0.05) is 6.42 Å². The molecule has 1 rings (SSSR count). The van der Waals surface area contributed by atoms with Crippen LogP contribution in [-0.4, -0.2) is 40.3 Å². The van der Waals surface area contributed by atoms with Crippen LogP contribution in [0.2, 0.25) is 0 Å². The minimum atomic E-state index is -1.52. The SMILES string of the molecule is CO[SiH](OC(C)C)N1CCCCC1. The van der Waals surface area contributed by atoms with Crippen LogP contribution in [0.5, 0.6) is 0 Å². The Balaban J connectivity index is 2.34. The van der Waals surface area contributed by atoms with Crippen LogP contribution in [0, 0.1) is 0 Å². The molecule has 4 heteroatoms. The van der Waals surface area contributed by atoms with Gasteiger partial charge in [0.2, 0.25) is 0 Å². The molecule has 1 unspecified atom stereocenters. The average molecular weight is 203 g/mol. The van der Waals surface area contributed by atoms with E-state index in [4.69, 9.17) is 8.85 Å². The number of hydrogen-bond donors (Lipinski definition) is 0. The Hall–Kier alpha value is 0.0969. The van der Waals surface area contributed by atoms with Crippen molar-refractivity contribution in [3.8, 4) is 0 Å². The second-order valence-electron chi connectivity index (χ2n) is 3.82. The van der Waals surface area contributed by atoms with Gasteiger partial charge in [0.25, 0.3) is 0 Å². The van der Waals surface area contributed by atoms with Crippen LogP contribution in [0.1, 0.15) is 33.1 Å². The van der Waals surface area contributed by atoms with Crippen molar-refractivity contribution < 1.29 is 8.85 Å². The molecule has 0 amide bonds. The van der Waals surface area contributed by atoms with Crippen LogP contribution < -0.4 is 0 Å². The molecule has 1 aliphatic heterocycles. The molecule has 1 saturated heterocycles. The third-order valence-electron chi connectivity index (χ3n) is 2.28. The Bertz CT molecular complexity index is 138. The van der Waals surface area contributed by atoms with Gasteiger partial charge in [-0.3, -0.25) is 4.57 Å². The lowest BCUT2D eigenvalue weighted by atomic mass is 10.2. The molecule has 0 bridgehead atoms. The number of nitrogens with zero attached hydrogens (tertiary/aromatic N) is 1. The Morgan fingerprint density at radius 3 is 2.23 bits per heavy atom. The van der Waals surface area contributed by atoms with Gasteiger partial charge in [0.1, 0.15) is 0 Å². The van der Waals surface area contributed by atoms with Crippen molar-refractivity contribution in [2.45, 2.75) is 39.2 Å². The highest BCUT2D eigenvalue weighted by Crippen LogP contribution is 2.12. The van der Waals surface area contributed by atoms with Gasteiger partial charge in [0, 0.05) is 13.2 Å². The number of piperidine rings is 1. The van der Waals surface area contributed by atoms with Crippen LogP contribution in [-0.2, 0) is 8.85 Å². The van der Waals surface area contributed by atoms with Gasteiger partial charge in [-0.05, 0) is 39.8 Å². The highest BCUT2D eigenvalue weighted by Gasteiger charge is 2.24. The topological polar surface area (TPSA) is 21.7 Å². The average Bonchev–Trinajstić information content (AvgIpc) is 2.15. The van der Waals surface area contributed by atoms with E-state index >= 15 is 0 Å². The molecule has 0 N–H and O–H groups in total. The molecule has 13 heavy (non-hydrogen) atoms. The molecule has 1 aliphatic rings. The molecular weight excluding hydrogens is 182 g/mol. The maximum Gasteiger partial charge on any atom is 0.411 e. The molecule has 0 aliphatic carbocycles. The van der Waals surface area contributed by atoms with Crippen molar-refractivity contribution in [2.75, 3.05) is 20.2 Å². The van der Waals surface area contributed by atoms with Crippen molar-refractivity contribution in [3.63, 3.8) is 0 Å². The Kier molecular flexibility index (Phi) is 4.94. The van der Waals surface area contributed by atoms with Crippen LogP contribution in [0.3, 0.4) is 0 Å². The monoisotopic (exact) mass is 203 g/mol. The van der Waals surface area contributed by atoms with E-state index in [1.54, 1.807) is 7.11 Å². The summed E-state index contributed by atoms with van der Waals surface area (Å²) in [4.78, 5) is 0. The maximum absolute atomic E-state index is 5.78. The zero-order valence-corrected chi connectivity index (χ0v) is 10.1. The molecule has 0 aromatic carbocycles. The normalized spacial score (nSPS) is 22.2. The Morgan fingerprint density at radius 2 is 1.77 bits per heavy atom. The van der Waals surface area contributed by atoms with E-state index in [2.05, 4.69) is 18.4 Å². The fourth-order valence-corrected chi connectivity index (χ4v) is 3.49. The largest absolute Gasteiger partial charge is 0.411 e. The van der Waals surface area contributed by atoms with Gasteiger partial charge in [-0.15, -0.1) is 0 Å². The Morgan fingerprint density at radius 1 is 1.15 bits per heavy atom. The third kappa shape index (κ3) is 3.77. The smallest absolute Gasteiger partial charge is 0.388 e. The third-order valence-corrected chi connectivity index (χ3v) is 4.57. The standard InChI is InChI=1S/C9H21NO2Si/c1-9(2)12-13(11-3)10-7-5-4-6-8-10/h9,13H,4-8H2,1-3H3. The van der Waals surface area contributed by atoms with Gasteiger partial charge < -0.3 is 8.85 Å². The molecular formula is C9H21NO2Si. The van der Waals surface area contributed by atoms with Crippen LogP contribution >= 0.6 is 0 Å². The lowest BCUT2D eigenvalue weighted by Gasteiger charge is -2.32. The van der Waals surface area contributed by atoms with Crippen molar-refractivity contribution >= 4 is 9.45 Å². The summed E-state index contributed by atoms with van der Waals surface area (Å²) in [6, 6.07) is 0. The van der Waals surface area contributed by atoms with E-state index in [9.17, 15) is 0 Å². The lowest BCUT2D eigenvalue weighted by Crippen LogP contribution is -2.47. The molecule has 1 heterocycles. The highest BCUT2D eigenvalue weighted by molar-refractivity contribution is 6.41. The number of rotatable bonds is 4. The molecule has 1 fully saturated rings. The van der Waals surface area contributed by atoms with Gasteiger partial charge in [-0.2, -0.15) is 0 Å². The van der Waals surface area contributed by atoms with Crippen molar-refractivity contribution in [1.29, 1.82) is 0 Å². The minimum absolute atomic E-state index is 0.290. The summed E-state index contributed by atoms with van der Waals surface area (Å²) in [5.74, 6) is 0. The van der Waals surface area contributed by atoms with Crippen LogP contribution in [0.15, 0.2) is 0 Å². The second kappa shape index (κ2) is 5.75. The zero-order chi connectivity index (χ0) is 9.68. The molecule has 0 aromatic heterocycles. The zero-order valence-electron chi connectivity index (χ0n) is 8.95. The summed E-state index contributed by atoms with van der Waals surface area (Å²) in [7, 11) is 0.253. The quantitative estimate of drug-likeness (QED) is 0.642. The summed E-state index contributed by atoms with van der Waals surface area (Å²) in [5.41, 5.74) is 0. The first-order chi connectivity index (χ1) is 6.24. The van der Waals surface area contributed by atoms with E-state index in [1.807, 2.05) is 0 Å². The molecule has 0 saturated carbocycles. The van der Waals surface area contributed by atoms with Gasteiger partial charge in [0.05, 0.1) is 0 Å². The van der Waals surface area contributed by atoms with Gasteiger partial charge in [0.15, 0.2) is 0 Å². The minimum Gasteiger partial charge on any atom is -0.388 e. The predicted molar refractivity (Wildman–Crippen MR) is 55.8 cm³/mol. The predicted octanol–water partition coefficient (Wildman–Crippen LogP) is 1.26. The van der Waals surface area contributed by atoms with Crippen molar-refractivity contribution in [3.05, 3.63) is 0 Å². The maximum atomic E-state index is 5.78. The summed E-state index contributed by atoms with van der Waals surface area (Å²) in [6.07, 6.45) is 4.25. The molecule has 0 aromatic rings. The van der Waals surface area contributed by atoms with E-state index in [-0.39, 0.29) is 0 Å². The van der Waals surface area contributed by atoms with Crippen LogP contribution in [0.4, 0.5) is 0 Å². The summed E-state index contributed by atoms with van der Waals surface area (Å²) in [5, 5.41) is 0.